The van der Waals surface area contributed by atoms with E-state index in [9.17, 15) is 33.4 Å². The molecule has 192 valence electrons. The first kappa shape index (κ1) is 28.3. The maximum atomic E-state index is 13.4. The molecule has 4 aromatic rings. The van der Waals surface area contributed by atoms with Crippen molar-refractivity contribution in [2.75, 3.05) is 0 Å². The maximum Gasteiger partial charge on any atom is 0.276 e. The number of hydrogen-bond acceptors (Lipinski definition) is 6. The zero-order valence-corrected chi connectivity index (χ0v) is 19.6. The molecule has 0 aliphatic rings. The zero-order chi connectivity index (χ0) is 27.5. The summed E-state index contributed by atoms with van der Waals surface area (Å²) in [4.78, 5) is 19.9. The predicted molar refractivity (Wildman–Crippen MR) is 130 cm³/mol. The highest BCUT2D eigenvalue weighted by Gasteiger charge is 2.13. The van der Waals surface area contributed by atoms with Crippen LogP contribution in [0.4, 0.5) is 24.5 Å². The molecule has 4 rings (SSSR count). The third-order valence-electron chi connectivity index (χ3n) is 4.66. The lowest BCUT2D eigenvalue weighted by molar-refractivity contribution is -0.385. The fourth-order valence-corrected chi connectivity index (χ4v) is 2.73. The number of nitrogens with zero attached hydrogens (tertiary/aromatic N) is 2. The van der Waals surface area contributed by atoms with Gasteiger partial charge in [-0.25, -0.2) is 13.2 Å². The van der Waals surface area contributed by atoms with Crippen molar-refractivity contribution in [3.8, 4) is 17.2 Å². The molecule has 0 aliphatic heterocycles. The maximum absolute atomic E-state index is 13.4. The molecule has 0 aromatic heterocycles. The smallest absolute Gasteiger partial charge is 0.276 e. The molecule has 0 spiro atoms. The highest BCUT2D eigenvalue weighted by molar-refractivity contribution is 5.46. The van der Waals surface area contributed by atoms with E-state index in [2.05, 4.69) is 0 Å². The first-order valence-electron chi connectivity index (χ1n) is 10.5. The van der Waals surface area contributed by atoms with E-state index in [0.717, 1.165) is 6.07 Å². The number of para-hydroxylation sites is 2. The summed E-state index contributed by atoms with van der Waals surface area (Å²) in [6, 6.07) is 19.4. The highest BCUT2D eigenvalue weighted by Crippen LogP contribution is 2.29. The van der Waals surface area contributed by atoms with E-state index in [1.807, 2.05) is 0 Å². The topological polar surface area (TPSA) is 116 Å². The summed E-state index contributed by atoms with van der Waals surface area (Å²) >= 11 is 0. The standard InChI is InChI=1S/C13H10FNO3.C7H6FNO2.C6H5FO/c1-9-6-7-10(8-12(9)15(16)17)18-13-5-3-2-4-11(13)14;1-5-2-3-6(8)4-7(5)9(10)11;7-5-3-1-2-4-6(5)8/h2-8H,1H3;2-4H,1H3;1-4,8H. The Morgan fingerprint density at radius 3 is 1.70 bits per heavy atom. The van der Waals surface area contributed by atoms with Crippen molar-refractivity contribution in [2.45, 2.75) is 13.8 Å². The molecular formula is C26H21F3N2O6. The summed E-state index contributed by atoms with van der Waals surface area (Å²) in [5.41, 5.74) is 0.770. The molecule has 11 heteroatoms. The first-order chi connectivity index (χ1) is 17.5. The molecule has 0 heterocycles. The Morgan fingerprint density at radius 2 is 1.22 bits per heavy atom. The largest absolute Gasteiger partial charge is 0.505 e. The molecule has 4 aromatic carbocycles. The number of nitro benzene ring substituents is 2. The van der Waals surface area contributed by atoms with Crippen molar-refractivity contribution >= 4 is 11.4 Å². The summed E-state index contributed by atoms with van der Waals surface area (Å²) in [6.07, 6.45) is 0. The Balaban J connectivity index is 0.000000215. The highest BCUT2D eigenvalue weighted by atomic mass is 19.1. The van der Waals surface area contributed by atoms with Crippen LogP contribution in [-0.2, 0) is 0 Å². The van der Waals surface area contributed by atoms with Gasteiger partial charge in [-0.2, -0.15) is 0 Å². The van der Waals surface area contributed by atoms with Gasteiger partial charge in [0.25, 0.3) is 11.4 Å². The second kappa shape index (κ2) is 13.2. The van der Waals surface area contributed by atoms with E-state index in [4.69, 9.17) is 9.84 Å². The second-order valence-corrected chi connectivity index (χ2v) is 7.38. The van der Waals surface area contributed by atoms with Crippen LogP contribution in [0.15, 0.2) is 84.9 Å². The van der Waals surface area contributed by atoms with Crippen molar-refractivity contribution in [2.24, 2.45) is 0 Å². The summed E-state index contributed by atoms with van der Waals surface area (Å²) in [7, 11) is 0. The molecular weight excluding hydrogens is 493 g/mol. The van der Waals surface area contributed by atoms with E-state index < -0.39 is 27.3 Å². The number of halogens is 3. The fraction of sp³-hybridized carbons (Fsp3) is 0.0769. The number of aromatic hydroxyl groups is 1. The number of hydrogen-bond donors (Lipinski definition) is 1. The normalized spacial score (nSPS) is 9.76. The molecule has 37 heavy (non-hydrogen) atoms. The number of ether oxygens (including phenoxy) is 1. The lowest BCUT2D eigenvalue weighted by atomic mass is 10.2. The van der Waals surface area contributed by atoms with Crippen LogP contribution in [0.1, 0.15) is 11.1 Å². The van der Waals surface area contributed by atoms with Crippen LogP contribution in [0.25, 0.3) is 0 Å². The lowest BCUT2D eigenvalue weighted by Crippen LogP contribution is -1.93. The van der Waals surface area contributed by atoms with Gasteiger partial charge >= 0.3 is 0 Å². The Hall–Kier alpha value is -4.93. The number of benzene rings is 4. The van der Waals surface area contributed by atoms with Crippen molar-refractivity contribution in [1.82, 2.24) is 0 Å². The molecule has 0 radical (unpaired) electrons. The summed E-state index contributed by atoms with van der Waals surface area (Å²) in [5, 5.41) is 29.5. The Morgan fingerprint density at radius 1 is 0.703 bits per heavy atom. The van der Waals surface area contributed by atoms with Crippen LogP contribution in [0.3, 0.4) is 0 Å². The molecule has 0 unspecified atom stereocenters. The number of nitro groups is 2. The van der Waals surface area contributed by atoms with Gasteiger partial charge in [0.2, 0.25) is 0 Å². The van der Waals surface area contributed by atoms with Gasteiger partial charge in [-0.1, -0.05) is 24.3 Å². The van der Waals surface area contributed by atoms with Gasteiger partial charge in [-0.3, -0.25) is 20.2 Å². The van der Waals surface area contributed by atoms with Crippen LogP contribution < -0.4 is 4.74 Å². The van der Waals surface area contributed by atoms with Crippen LogP contribution in [-0.4, -0.2) is 15.0 Å². The number of phenols is 1. The summed E-state index contributed by atoms with van der Waals surface area (Å²) < 4.78 is 43.1. The van der Waals surface area contributed by atoms with Crippen molar-refractivity contribution in [1.29, 1.82) is 0 Å². The van der Waals surface area contributed by atoms with E-state index in [-0.39, 0.29) is 28.6 Å². The monoisotopic (exact) mass is 514 g/mol. The summed E-state index contributed by atoms with van der Waals surface area (Å²) in [5.74, 6) is -1.70. The van der Waals surface area contributed by atoms with Gasteiger partial charge in [0.1, 0.15) is 11.6 Å². The molecule has 1 N–H and O–H groups in total. The SMILES string of the molecule is Cc1ccc(F)cc1[N+](=O)[O-].Cc1ccc(Oc2ccccc2F)cc1[N+](=O)[O-].Oc1ccccc1F. The Bertz CT molecular complexity index is 1380. The molecule has 8 nitrogen and oxygen atoms in total. The number of aryl methyl sites for hydroxylation is 2. The third-order valence-corrected chi connectivity index (χ3v) is 4.66. The van der Waals surface area contributed by atoms with Crippen molar-refractivity contribution in [3.63, 3.8) is 0 Å². The van der Waals surface area contributed by atoms with E-state index >= 15 is 0 Å². The Kier molecular flexibility index (Phi) is 10.1. The van der Waals surface area contributed by atoms with Crippen LogP contribution >= 0.6 is 0 Å². The number of phenolic OH excluding ortho intramolecular Hbond substituents is 1. The lowest BCUT2D eigenvalue weighted by Gasteiger charge is -2.07. The van der Waals surface area contributed by atoms with Crippen molar-refractivity contribution < 1.29 is 32.9 Å². The minimum atomic E-state index is -0.599. The first-order valence-corrected chi connectivity index (χ1v) is 10.5. The van der Waals surface area contributed by atoms with Gasteiger partial charge in [0.15, 0.2) is 23.1 Å². The predicted octanol–water partition coefficient (Wildman–Crippen LogP) is 7.41. The molecule has 0 saturated carbocycles. The minimum absolute atomic E-state index is 0.0376. The van der Waals surface area contributed by atoms with Crippen molar-refractivity contribution in [3.05, 3.63) is 134 Å². The van der Waals surface area contributed by atoms with Gasteiger partial charge < -0.3 is 9.84 Å². The average molecular weight is 514 g/mol. The zero-order valence-electron chi connectivity index (χ0n) is 19.6. The average Bonchev–Trinajstić information content (AvgIpc) is 2.85. The quantitative estimate of drug-likeness (QED) is 0.224. The Labute approximate surface area is 209 Å². The van der Waals surface area contributed by atoms with E-state index in [0.29, 0.717) is 11.1 Å². The molecule has 0 aliphatic carbocycles. The van der Waals surface area contributed by atoms with Gasteiger partial charge in [-0.05, 0) is 62.4 Å². The van der Waals surface area contributed by atoms with E-state index in [1.165, 1.54) is 48.5 Å². The van der Waals surface area contributed by atoms with Crippen LogP contribution in [0, 0.1) is 51.5 Å². The van der Waals surface area contributed by atoms with Gasteiger partial charge in [-0.15, -0.1) is 0 Å². The second-order valence-electron chi connectivity index (χ2n) is 7.38. The summed E-state index contributed by atoms with van der Waals surface area (Å²) in [6.45, 7) is 3.20. The third kappa shape index (κ3) is 8.66. The minimum Gasteiger partial charge on any atom is -0.505 e. The fourth-order valence-electron chi connectivity index (χ4n) is 2.73. The molecule has 0 fully saturated rings. The molecule has 0 saturated heterocycles. The van der Waals surface area contributed by atoms with Crippen LogP contribution in [0.2, 0.25) is 0 Å². The van der Waals surface area contributed by atoms with Gasteiger partial charge in [0, 0.05) is 11.1 Å². The van der Waals surface area contributed by atoms with Crippen LogP contribution in [0.5, 0.6) is 17.2 Å². The molecule has 0 atom stereocenters. The molecule has 0 amide bonds. The molecule has 0 bridgehead atoms. The number of rotatable bonds is 4. The van der Waals surface area contributed by atoms with E-state index in [1.54, 1.807) is 44.2 Å². The van der Waals surface area contributed by atoms with Gasteiger partial charge in [0.05, 0.1) is 22.0 Å².